The van der Waals surface area contributed by atoms with Crippen molar-refractivity contribution in [1.82, 2.24) is 0 Å². The third-order valence-electron chi connectivity index (χ3n) is 7.65. The number of benzene rings is 6. The molecule has 6 aromatic carbocycles. The van der Waals surface area contributed by atoms with Crippen molar-refractivity contribution in [3.8, 4) is 0 Å². The third kappa shape index (κ3) is 8.54. The van der Waals surface area contributed by atoms with Crippen LogP contribution in [0.15, 0.2) is 14.7 Å². The largest absolute Gasteiger partial charge is 3.00 e. The van der Waals surface area contributed by atoms with Gasteiger partial charge in [-0.25, -0.2) is 117 Å². The van der Waals surface area contributed by atoms with Gasteiger partial charge in [-0.3, -0.25) is 0 Å². The third-order valence-corrected chi connectivity index (χ3v) is 10.3. The van der Waals surface area contributed by atoms with E-state index in [0.29, 0.717) is 0 Å². The molecule has 0 aliphatic rings. The molecule has 0 heterocycles. The van der Waals surface area contributed by atoms with Gasteiger partial charge >= 0.3 is 22.4 Å². The molecule has 0 bridgehead atoms. The van der Waals surface area contributed by atoms with Gasteiger partial charge in [0.15, 0.2) is 122 Å². The predicted molar refractivity (Wildman–Crippen MR) is 155 cm³/mol. The fourth-order valence-electron chi connectivity index (χ4n) is 5.10. The minimum absolute atomic E-state index is 0. The van der Waals surface area contributed by atoms with Crippen molar-refractivity contribution in [2.45, 2.75) is 14.7 Å². The van der Waals surface area contributed by atoms with Crippen LogP contribution in [0.25, 0.3) is 32.3 Å². The summed E-state index contributed by atoms with van der Waals surface area (Å²) >= 11 is 0. The zero-order valence-corrected chi connectivity index (χ0v) is 32.1. The maximum atomic E-state index is 13.5. The summed E-state index contributed by atoms with van der Waals surface area (Å²) in [5, 5.41) is -12.2. The Morgan fingerprint density at radius 1 is 0.203 bits per heavy atom. The van der Waals surface area contributed by atoms with Gasteiger partial charge in [-0.15, -0.1) is 0 Å². The van der Waals surface area contributed by atoms with E-state index in [1.807, 2.05) is 0 Å². The molecule has 0 saturated heterocycles. The second-order valence-electron chi connectivity index (χ2n) is 11.2. The molecule has 64 heavy (non-hydrogen) atoms. The van der Waals surface area contributed by atoms with E-state index in [-0.39, 0.29) is 22.4 Å². The minimum atomic E-state index is -6.00. The predicted octanol–water partition coefficient (Wildman–Crippen LogP) is 8.15. The summed E-state index contributed by atoms with van der Waals surface area (Å²) in [7, 11) is -18.0. The zero-order valence-electron chi connectivity index (χ0n) is 28.1. The van der Waals surface area contributed by atoms with E-state index in [4.69, 9.17) is 0 Å². The molecule has 6 rings (SSSR count). The van der Waals surface area contributed by atoms with Crippen LogP contribution >= 0.6 is 0 Å². The van der Waals surface area contributed by atoms with Crippen LogP contribution in [0.4, 0.5) is 92.2 Å². The molecular weight excluding hydrogens is 1110 g/mol. The summed E-state index contributed by atoms with van der Waals surface area (Å²) in [4.78, 5) is -7.06. The van der Waals surface area contributed by atoms with Crippen LogP contribution in [-0.2, 0) is 52.7 Å². The Bertz CT molecular complexity index is 3010. The summed E-state index contributed by atoms with van der Waals surface area (Å²) in [6, 6.07) is 0. The molecule has 0 unspecified atom stereocenters. The number of hydrogen-bond donors (Lipinski definition) is 0. The molecule has 0 saturated carbocycles. The van der Waals surface area contributed by atoms with Gasteiger partial charge in [-0.2, -0.15) is 0 Å². The second kappa shape index (κ2) is 17.8. The smallest absolute Gasteiger partial charge is 0.744 e. The Morgan fingerprint density at radius 3 is 0.438 bits per heavy atom. The topological polar surface area (TPSA) is 172 Å². The Labute approximate surface area is 352 Å². The van der Waals surface area contributed by atoms with Gasteiger partial charge in [-0.1, -0.05) is 0 Å². The molecule has 0 spiro atoms. The Morgan fingerprint density at radius 2 is 0.312 bits per heavy atom. The Balaban J connectivity index is 0.000000253. The minimum Gasteiger partial charge on any atom is -0.744 e. The molecule has 0 atom stereocenters. The number of fused-ring (bicyclic) bond motifs is 3. The van der Waals surface area contributed by atoms with Crippen molar-refractivity contribution in [3.63, 3.8) is 0 Å². The number of halogens is 21. The average molecular weight is 1110 g/mol. The average Bonchev–Trinajstić information content (AvgIpc) is 3.17. The molecule has 0 aliphatic carbocycles. The van der Waals surface area contributed by atoms with Crippen LogP contribution < -0.4 is 0 Å². The number of hydrogen-bond acceptors (Lipinski definition) is 9. The molecule has 9 nitrogen and oxygen atoms in total. The number of rotatable bonds is 3. The molecule has 0 radical (unpaired) electrons. The van der Waals surface area contributed by atoms with Crippen LogP contribution in [0.3, 0.4) is 0 Å². The fourth-order valence-corrected chi connectivity index (χ4v) is 7.36. The van der Waals surface area contributed by atoms with E-state index >= 15 is 0 Å². The van der Waals surface area contributed by atoms with Gasteiger partial charge in [0.05, 0.1) is 16.2 Å². The normalized spacial score (nSPS) is 12.0. The molecule has 34 heteroatoms. The summed E-state index contributed by atoms with van der Waals surface area (Å²) in [5.74, 6) is -54.2. The van der Waals surface area contributed by atoms with Crippen molar-refractivity contribution in [2.24, 2.45) is 0 Å². The Hall–Kier alpha value is -4.90. The van der Waals surface area contributed by atoms with Crippen LogP contribution in [0.5, 0.6) is 0 Å². The molecule has 0 aliphatic heterocycles. The molecule has 0 fully saturated rings. The molecule has 350 valence electrons. The van der Waals surface area contributed by atoms with Gasteiger partial charge in [0.25, 0.3) is 0 Å². The van der Waals surface area contributed by atoms with E-state index in [0.717, 1.165) is 0 Å². The van der Waals surface area contributed by atoms with Crippen LogP contribution in [0.1, 0.15) is 0 Å². The van der Waals surface area contributed by atoms with Gasteiger partial charge < -0.3 is 13.7 Å². The first-order valence-electron chi connectivity index (χ1n) is 14.3. The summed E-state index contributed by atoms with van der Waals surface area (Å²) in [6.07, 6.45) is 0. The fraction of sp³-hybridized carbons (Fsp3) is 0. The maximum absolute atomic E-state index is 13.5. The molecule has 0 N–H and O–H groups in total. The van der Waals surface area contributed by atoms with E-state index < -0.39 is 200 Å². The zero-order chi connectivity index (χ0) is 48.8. The van der Waals surface area contributed by atoms with Crippen molar-refractivity contribution < 1.29 is 153 Å². The quantitative estimate of drug-likeness (QED) is 0.0558. The van der Waals surface area contributed by atoms with Crippen molar-refractivity contribution in [1.29, 1.82) is 0 Å². The van der Waals surface area contributed by atoms with Crippen molar-refractivity contribution in [3.05, 3.63) is 122 Å². The van der Waals surface area contributed by atoms with E-state index in [1.54, 1.807) is 0 Å². The van der Waals surface area contributed by atoms with Gasteiger partial charge in [0.1, 0.15) is 45.0 Å². The SMILES string of the molecule is O=S(=O)([O-])c1c(F)c(F)c(F)c2c(F)c(F)c(F)c(F)c12.O=S(=O)([O-])c1c(F)c(F)c(F)c2c(F)c(F)c(F)c(F)c12.O=S(=O)([O-])c1c(F)c(F)c(F)c2c(F)c(F)c(F)c(F)c12.[Ag+3]. The molecule has 0 aromatic heterocycles. The first-order chi connectivity index (χ1) is 28.5. The first kappa shape index (κ1) is 53.4. The standard InChI is InChI=1S/3C10HF7O3S.Ag/c3*11-3-1-2(5(13)7(15)6(3)14)10(21(18,19)20)9(17)8(16)4(1)12;/h3*(H,18,19,20);/q;;;+3/p-3. The Kier molecular flexibility index (Phi) is 14.9. The van der Waals surface area contributed by atoms with Gasteiger partial charge in [0, 0.05) is 16.2 Å². The first-order valence-corrected chi connectivity index (χ1v) is 18.6. The summed E-state index contributed by atoms with van der Waals surface area (Å²) in [6.45, 7) is 0. The van der Waals surface area contributed by atoms with E-state index in [2.05, 4.69) is 0 Å². The van der Waals surface area contributed by atoms with E-state index in [1.165, 1.54) is 0 Å². The molecular formula is C30AgF21O9S3. The maximum Gasteiger partial charge on any atom is 3.00 e. The van der Waals surface area contributed by atoms with Crippen LogP contribution in [0.2, 0.25) is 0 Å². The van der Waals surface area contributed by atoms with Gasteiger partial charge in [-0.05, 0) is 0 Å². The van der Waals surface area contributed by atoms with E-state index in [9.17, 15) is 131 Å². The van der Waals surface area contributed by atoms with Crippen LogP contribution in [0, 0.1) is 122 Å². The summed E-state index contributed by atoms with van der Waals surface area (Å²) in [5.41, 5.74) is 0. The van der Waals surface area contributed by atoms with Crippen LogP contribution in [-0.4, -0.2) is 38.9 Å². The van der Waals surface area contributed by atoms with Gasteiger partial charge in [0.2, 0.25) is 0 Å². The monoisotopic (exact) mass is 1110 g/mol. The van der Waals surface area contributed by atoms with Crippen molar-refractivity contribution >= 4 is 62.7 Å². The molecule has 6 aromatic rings. The van der Waals surface area contributed by atoms with Crippen molar-refractivity contribution in [2.75, 3.05) is 0 Å². The summed E-state index contributed by atoms with van der Waals surface area (Å²) < 4.78 is 375. The molecule has 0 amide bonds. The second-order valence-corrected chi connectivity index (χ2v) is 15.1.